The lowest BCUT2D eigenvalue weighted by molar-refractivity contribution is 0.177. The molecule has 0 unspecified atom stereocenters. The molecule has 2 rings (SSSR count). The first-order chi connectivity index (χ1) is 5.92. The highest BCUT2D eigenvalue weighted by Gasteiger charge is 2.28. The molecular formula is C11H16O. The molecule has 0 saturated carbocycles. The molecule has 12 heavy (non-hydrogen) atoms. The summed E-state index contributed by atoms with van der Waals surface area (Å²) < 4.78 is 5.46. The number of hydrogen-bond acceptors (Lipinski definition) is 1. The number of hydrogen-bond donors (Lipinski definition) is 0. The van der Waals surface area contributed by atoms with Crippen molar-refractivity contribution in [2.75, 3.05) is 13.2 Å². The second-order valence-electron chi connectivity index (χ2n) is 3.70. The molecule has 1 aliphatic carbocycles. The van der Waals surface area contributed by atoms with Crippen molar-refractivity contribution in [2.24, 2.45) is 11.8 Å². The zero-order valence-electron chi connectivity index (χ0n) is 7.62. The molecule has 0 aromatic heterocycles. The van der Waals surface area contributed by atoms with Crippen molar-refractivity contribution in [3.8, 4) is 0 Å². The molecule has 2 atom stereocenters. The lowest BCUT2D eigenvalue weighted by Gasteiger charge is -2.22. The van der Waals surface area contributed by atoms with Gasteiger partial charge in [-0.05, 0) is 17.9 Å². The Kier molecular flexibility index (Phi) is 2.31. The highest BCUT2D eigenvalue weighted by molar-refractivity contribution is 5.25. The van der Waals surface area contributed by atoms with Gasteiger partial charge in [-0.1, -0.05) is 31.6 Å². The summed E-state index contributed by atoms with van der Waals surface area (Å²) in [5, 5.41) is 0. The third-order valence-electron chi connectivity index (χ3n) is 2.85. The van der Waals surface area contributed by atoms with Crippen LogP contribution in [0.2, 0.25) is 0 Å². The summed E-state index contributed by atoms with van der Waals surface area (Å²) in [4.78, 5) is 0. The molecular weight excluding hydrogens is 148 g/mol. The van der Waals surface area contributed by atoms with Gasteiger partial charge in [0.25, 0.3) is 0 Å². The first-order valence-electron chi connectivity index (χ1n) is 4.87. The van der Waals surface area contributed by atoms with Crippen LogP contribution >= 0.6 is 0 Å². The van der Waals surface area contributed by atoms with Crippen molar-refractivity contribution in [3.05, 3.63) is 23.8 Å². The molecule has 1 heteroatoms. The van der Waals surface area contributed by atoms with Crippen molar-refractivity contribution in [3.63, 3.8) is 0 Å². The van der Waals surface area contributed by atoms with Gasteiger partial charge in [-0.2, -0.15) is 0 Å². The summed E-state index contributed by atoms with van der Waals surface area (Å²) in [6.07, 6.45) is 9.34. The van der Waals surface area contributed by atoms with Crippen LogP contribution in [0.4, 0.5) is 0 Å². The van der Waals surface area contributed by atoms with Crippen LogP contribution in [-0.4, -0.2) is 13.2 Å². The van der Waals surface area contributed by atoms with Crippen LogP contribution in [0, 0.1) is 11.8 Å². The highest BCUT2D eigenvalue weighted by Crippen LogP contribution is 2.33. The largest absolute Gasteiger partial charge is 0.376 e. The van der Waals surface area contributed by atoms with E-state index in [1.807, 2.05) is 0 Å². The van der Waals surface area contributed by atoms with Crippen LogP contribution in [-0.2, 0) is 4.74 Å². The minimum atomic E-state index is 0.704. The SMILES string of the molecule is CCC[C@@H]1C=CC=C2COC[C@H]21. The first kappa shape index (κ1) is 8.06. The Balaban J connectivity index is 2.08. The number of rotatable bonds is 2. The van der Waals surface area contributed by atoms with Crippen LogP contribution in [0.5, 0.6) is 0 Å². The molecule has 2 aliphatic rings. The average Bonchev–Trinajstić information content (AvgIpc) is 2.53. The molecule has 1 aliphatic heterocycles. The summed E-state index contributed by atoms with van der Waals surface area (Å²) >= 11 is 0. The van der Waals surface area contributed by atoms with E-state index in [2.05, 4.69) is 25.2 Å². The van der Waals surface area contributed by atoms with E-state index in [-0.39, 0.29) is 0 Å². The Bertz CT molecular complexity index is 215. The fourth-order valence-electron chi connectivity index (χ4n) is 2.17. The molecule has 0 spiro atoms. The van der Waals surface area contributed by atoms with Gasteiger partial charge in [0, 0.05) is 5.92 Å². The Hall–Kier alpha value is -0.560. The summed E-state index contributed by atoms with van der Waals surface area (Å²) in [7, 11) is 0. The van der Waals surface area contributed by atoms with E-state index in [4.69, 9.17) is 4.74 Å². The molecule has 0 aromatic rings. The van der Waals surface area contributed by atoms with Gasteiger partial charge in [-0.3, -0.25) is 0 Å². The van der Waals surface area contributed by atoms with Crippen molar-refractivity contribution in [1.29, 1.82) is 0 Å². The quantitative estimate of drug-likeness (QED) is 0.609. The Morgan fingerprint density at radius 3 is 3.33 bits per heavy atom. The second-order valence-corrected chi connectivity index (χ2v) is 3.70. The predicted molar refractivity (Wildman–Crippen MR) is 49.9 cm³/mol. The van der Waals surface area contributed by atoms with E-state index in [1.165, 1.54) is 18.4 Å². The molecule has 1 saturated heterocycles. The fourth-order valence-corrected chi connectivity index (χ4v) is 2.17. The lowest BCUT2D eigenvalue weighted by Crippen LogP contribution is -2.16. The molecule has 0 N–H and O–H groups in total. The molecule has 1 fully saturated rings. The number of fused-ring (bicyclic) bond motifs is 1. The van der Waals surface area contributed by atoms with Gasteiger partial charge >= 0.3 is 0 Å². The van der Waals surface area contributed by atoms with Crippen molar-refractivity contribution in [2.45, 2.75) is 19.8 Å². The minimum absolute atomic E-state index is 0.704. The summed E-state index contributed by atoms with van der Waals surface area (Å²) in [5.41, 5.74) is 1.51. The predicted octanol–water partition coefficient (Wildman–Crippen LogP) is 2.55. The minimum Gasteiger partial charge on any atom is -0.376 e. The second kappa shape index (κ2) is 3.44. The number of ether oxygens (including phenoxy) is 1. The zero-order chi connectivity index (χ0) is 8.39. The maximum absolute atomic E-state index is 5.46. The molecule has 1 heterocycles. The van der Waals surface area contributed by atoms with Crippen molar-refractivity contribution in [1.82, 2.24) is 0 Å². The molecule has 0 amide bonds. The van der Waals surface area contributed by atoms with Gasteiger partial charge in [0.2, 0.25) is 0 Å². The molecule has 66 valence electrons. The average molecular weight is 164 g/mol. The summed E-state index contributed by atoms with van der Waals surface area (Å²) in [6.45, 7) is 4.07. The zero-order valence-corrected chi connectivity index (χ0v) is 7.62. The van der Waals surface area contributed by atoms with E-state index in [1.54, 1.807) is 0 Å². The van der Waals surface area contributed by atoms with Gasteiger partial charge < -0.3 is 4.74 Å². The normalized spacial score (nSPS) is 33.2. The summed E-state index contributed by atoms with van der Waals surface area (Å²) in [5.74, 6) is 1.45. The van der Waals surface area contributed by atoms with E-state index >= 15 is 0 Å². The van der Waals surface area contributed by atoms with Gasteiger partial charge in [-0.25, -0.2) is 0 Å². The highest BCUT2D eigenvalue weighted by atomic mass is 16.5. The van der Waals surface area contributed by atoms with Crippen LogP contribution in [0.1, 0.15) is 19.8 Å². The maximum atomic E-state index is 5.46. The topological polar surface area (TPSA) is 9.23 Å². The Morgan fingerprint density at radius 2 is 2.50 bits per heavy atom. The molecule has 0 bridgehead atoms. The smallest absolute Gasteiger partial charge is 0.0683 e. The molecule has 0 radical (unpaired) electrons. The van der Waals surface area contributed by atoms with E-state index < -0.39 is 0 Å². The lowest BCUT2D eigenvalue weighted by atomic mass is 9.82. The Labute approximate surface area is 74.1 Å². The first-order valence-corrected chi connectivity index (χ1v) is 4.87. The maximum Gasteiger partial charge on any atom is 0.0683 e. The van der Waals surface area contributed by atoms with Crippen molar-refractivity contribution >= 4 is 0 Å². The third-order valence-corrected chi connectivity index (χ3v) is 2.85. The standard InChI is InChI=1S/C11H16O/c1-2-4-9-5-3-6-10-7-12-8-11(9)10/h3,5-6,9,11H,2,4,7-8H2,1H3/t9-,11+/m1/s1. The third kappa shape index (κ3) is 1.34. The van der Waals surface area contributed by atoms with Gasteiger partial charge in [-0.15, -0.1) is 0 Å². The number of allylic oxidation sites excluding steroid dienone is 3. The fraction of sp³-hybridized carbons (Fsp3) is 0.636. The van der Waals surface area contributed by atoms with Gasteiger partial charge in [0.15, 0.2) is 0 Å². The van der Waals surface area contributed by atoms with E-state index in [9.17, 15) is 0 Å². The van der Waals surface area contributed by atoms with Crippen LogP contribution in [0.15, 0.2) is 23.8 Å². The van der Waals surface area contributed by atoms with Crippen LogP contribution in [0.3, 0.4) is 0 Å². The summed E-state index contributed by atoms with van der Waals surface area (Å²) in [6, 6.07) is 0. The van der Waals surface area contributed by atoms with Gasteiger partial charge in [0.1, 0.15) is 0 Å². The molecule has 1 nitrogen and oxygen atoms in total. The van der Waals surface area contributed by atoms with Crippen molar-refractivity contribution < 1.29 is 4.74 Å². The van der Waals surface area contributed by atoms with E-state index in [0.29, 0.717) is 5.92 Å². The molecule has 0 aromatic carbocycles. The van der Waals surface area contributed by atoms with Crippen LogP contribution in [0.25, 0.3) is 0 Å². The Morgan fingerprint density at radius 1 is 1.58 bits per heavy atom. The van der Waals surface area contributed by atoms with Crippen LogP contribution < -0.4 is 0 Å². The van der Waals surface area contributed by atoms with Gasteiger partial charge in [0.05, 0.1) is 13.2 Å². The van der Waals surface area contributed by atoms with E-state index in [0.717, 1.165) is 19.1 Å². The monoisotopic (exact) mass is 164 g/mol.